The number of thiophene rings is 1. The Morgan fingerprint density at radius 1 is 1.15 bits per heavy atom. The van der Waals surface area contributed by atoms with Crippen LogP contribution < -0.4 is 5.32 Å². The summed E-state index contributed by atoms with van der Waals surface area (Å²) in [6.07, 6.45) is 0. The molecule has 0 atom stereocenters. The number of esters is 1. The van der Waals surface area contributed by atoms with Crippen LogP contribution >= 0.6 is 11.3 Å². The van der Waals surface area contributed by atoms with Crippen LogP contribution in [-0.4, -0.2) is 18.5 Å². The number of amides is 1. The van der Waals surface area contributed by atoms with Crippen LogP contribution in [-0.2, 0) is 4.74 Å². The number of carbonyl (C=O) groups is 2. The second kappa shape index (κ2) is 8.14. The quantitative estimate of drug-likeness (QED) is 0.609. The summed E-state index contributed by atoms with van der Waals surface area (Å²) < 4.78 is 18.6. The molecule has 1 N–H and O–H groups in total. The van der Waals surface area contributed by atoms with Crippen molar-refractivity contribution in [2.75, 3.05) is 11.9 Å². The predicted molar refractivity (Wildman–Crippen MR) is 105 cm³/mol. The van der Waals surface area contributed by atoms with Crippen LogP contribution in [0.2, 0.25) is 0 Å². The van der Waals surface area contributed by atoms with E-state index in [1.165, 1.54) is 29.5 Å². The van der Waals surface area contributed by atoms with E-state index in [1.807, 2.05) is 36.6 Å². The smallest absolute Gasteiger partial charge is 0.341 e. The van der Waals surface area contributed by atoms with Gasteiger partial charge in [0.05, 0.1) is 6.61 Å². The number of hydrogen-bond acceptors (Lipinski definition) is 4. The minimum atomic E-state index is -0.509. The Bertz CT molecular complexity index is 997. The standard InChI is InChI=1S/C21H18FNO3S/c1-3-26-21(25)18-17(14-7-4-6-13(2)10-14)12-27-20(18)23-19(24)15-8-5-9-16(22)11-15/h4-12H,3H2,1-2H3,(H,23,24). The van der Waals surface area contributed by atoms with Gasteiger partial charge in [-0.25, -0.2) is 9.18 Å². The summed E-state index contributed by atoms with van der Waals surface area (Å²) in [5.74, 6) is -1.50. The fourth-order valence-electron chi connectivity index (χ4n) is 2.69. The van der Waals surface area contributed by atoms with E-state index in [1.54, 1.807) is 6.92 Å². The Morgan fingerprint density at radius 2 is 1.93 bits per heavy atom. The van der Waals surface area contributed by atoms with Crippen molar-refractivity contribution in [3.63, 3.8) is 0 Å². The molecule has 1 aromatic heterocycles. The highest BCUT2D eigenvalue weighted by Gasteiger charge is 2.23. The molecule has 138 valence electrons. The van der Waals surface area contributed by atoms with E-state index >= 15 is 0 Å². The minimum absolute atomic E-state index is 0.176. The Labute approximate surface area is 160 Å². The average Bonchev–Trinajstić information content (AvgIpc) is 3.05. The van der Waals surface area contributed by atoms with Crippen LogP contribution in [0.4, 0.5) is 9.39 Å². The summed E-state index contributed by atoms with van der Waals surface area (Å²) in [4.78, 5) is 25.0. The second-order valence-corrected chi connectivity index (χ2v) is 6.79. The van der Waals surface area contributed by atoms with E-state index in [4.69, 9.17) is 4.74 Å². The maximum atomic E-state index is 13.4. The normalized spacial score (nSPS) is 10.5. The number of ether oxygens (including phenoxy) is 1. The van der Waals surface area contributed by atoms with Crippen molar-refractivity contribution in [3.8, 4) is 11.1 Å². The van der Waals surface area contributed by atoms with Crippen molar-refractivity contribution in [1.29, 1.82) is 0 Å². The minimum Gasteiger partial charge on any atom is -0.462 e. The first-order valence-corrected chi connectivity index (χ1v) is 9.30. The molecule has 0 radical (unpaired) electrons. The molecule has 0 spiro atoms. The van der Waals surface area contributed by atoms with E-state index in [-0.39, 0.29) is 12.2 Å². The van der Waals surface area contributed by atoms with Crippen LogP contribution in [0, 0.1) is 12.7 Å². The van der Waals surface area contributed by atoms with Crippen molar-refractivity contribution in [2.45, 2.75) is 13.8 Å². The van der Waals surface area contributed by atoms with E-state index in [0.717, 1.165) is 17.2 Å². The molecular weight excluding hydrogens is 365 g/mol. The maximum absolute atomic E-state index is 13.4. The molecule has 0 aliphatic heterocycles. The van der Waals surface area contributed by atoms with Crippen LogP contribution in [0.1, 0.15) is 33.2 Å². The molecule has 4 nitrogen and oxygen atoms in total. The van der Waals surface area contributed by atoms with Gasteiger partial charge in [0.2, 0.25) is 0 Å². The topological polar surface area (TPSA) is 55.4 Å². The molecule has 3 rings (SSSR count). The molecule has 0 fully saturated rings. The molecule has 2 aromatic carbocycles. The lowest BCUT2D eigenvalue weighted by molar-refractivity contribution is 0.0529. The largest absolute Gasteiger partial charge is 0.462 e. The summed E-state index contributed by atoms with van der Waals surface area (Å²) in [5.41, 5.74) is 3.09. The third kappa shape index (κ3) is 4.23. The van der Waals surface area contributed by atoms with Gasteiger partial charge in [0.15, 0.2) is 0 Å². The number of hydrogen-bond donors (Lipinski definition) is 1. The summed E-state index contributed by atoms with van der Waals surface area (Å²) in [7, 11) is 0. The number of anilines is 1. The molecule has 1 heterocycles. The van der Waals surface area contributed by atoms with Gasteiger partial charge in [-0.1, -0.05) is 35.9 Å². The van der Waals surface area contributed by atoms with Gasteiger partial charge in [-0.2, -0.15) is 0 Å². The van der Waals surface area contributed by atoms with E-state index < -0.39 is 17.7 Å². The lowest BCUT2D eigenvalue weighted by Crippen LogP contribution is -2.15. The summed E-state index contributed by atoms with van der Waals surface area (Å²) in [6, 6.07) is 13.1. The van der Waals surface area contributed by atoms with Gasteiger partial charge in [-0.05, 0) is 37.6 Å². The van der Waals surface area contributed by atoms with Crippen molar-refractivity contribution < 1.29 is 18.7 Å². The van der Waals surface area contributed by atoms with Gasteiger partial charge < -0.3 is 10.1 Å². The molecular formula is C21H18FNO3S. The summed E-state index contributed by atoms with van der Waals surface area (Å²) in [5, 5.41) is 4.89. The van der Waals surface area contributed by atoms with Crippen molar-refractivity contribution in [1.82, 2.24) is 0 Å². The fourth-order valence-corrected chi connectivity index (χ4v) is 3.64. The average molecular weight is 383 g/mol. The van der Waals surface area contributed by atoms with Crippen LogP contribution in [0.15, 0.2) is 53.9 Å². The molecule has 0 bridgehead atoms. The number of aryl methyl sites for hydroxylation is 1. The molecule has 0 aliphatic rings. The number of nitrogens with one attached hydrogen (secondary N) is 1. The third-order valence-corrected chi connectivity index (χ3v) is 4.81. The van der Waals surface area contributed by atoms with E-state index in [2.05, 4.69) is 5.32 Å². The van der Waals surface area contributed by atoms with Crippen LogP contribution in [0.5, 0.6) is 0 Å². The highest BCUT2D eigenvalue weighted by Crippen LogP contribution is 2.36. The first-order chi connectivity index (χ1) is 13.0. The predicted octanol–water partition coefficient (Wildman–Crippen LogP) is 5.29. The number of carbonyl (C=O) groups excluding carboxylic acids is 2. The molecule has 27 heavy (non-hydrogen) atoms. The van der Waals surface area contributed by atoms with Gasteiger partial charge >= 0.3 is 5.97 Å². The highest BCUT2D eigenvalue weighted by atomic mass is 32.1. The monoisotopic (exact) mass is 383 g/mol. The molecule has 1 amide bonds. The van der Waals surface area contributed by atoms with Gasteiger partial charge in [0.25, 0.3) is 5.91 Å². The van der Waals surface area contributed by atoms with Crippen molar-refractivity contribution >= 4 is 28.2 Å². The molecule has 0 saturated carbocycles. The third-order valence-electron chi connectivity index (χ3n) is 3.91. The molecule has 0 saturated heterocycles. The van der Waals surface area contributed by atoms with Gasteiger partial charge in [-0.3, -0.25) is 4.79 Å². The first kappa shape index (κ1) is 18.8. The number of halogens is 1. The Morgan fingerprint density at radius 3 is 2.63 bits per heavy atom. The van der Waals surface area contributed by atoms with E-state index in [0.29, 0.717) is 16.1 Å². The van der Waals surface area contributed by atoms with Crippen LogP contribution in [0.3, 0.4) is 0 Å². The molecule has 3 aromatic rings. The van der Waals surface area contributed by atoms with Gasteiger partial charge in [0, 0.05) is 16.5 Å². The zero-order chi connectivity index (χ0) is 19.4. The Balaban J connectivity index is 2.00. The van der Waals surface area contributed by atoms with Crippen LogP contribution in [0.25, 0.3) is 11.1 Å². The van der Waals surface area contributed by atoms with Crippen molar-refractivity contribution in [3.05, 3.63) is 76.4 Å². The zero-order valence-electron chi connectivity index (χ0n) is 14.9. The lowest BCUT2D eigenvalue weighted by atomic mass is 10.0. The first-order valence-electron chi connectivity index (χ1n) is 8.42. The lowest BCUT2D eigenvalue weighted by Gasteiger charge is -2.09. The molecule has 0 unspecified atom stereocenters. The second-order valence-electron chi connectivity index (χ2n) is 5.91. The fraction of sp³-hybridized carbons (Fsp3) is 0.143. The Kier molecular flexibility index (Phi) is 5.66. The van der Waals surface area contributed by atoms with Gasteiger partial charge in [-0.15, -0.1) is 11.3 Å². The van der Waals surface area contributed by atoms with Gasteiger partial charge in [0.1, 0.15) is 16.4 Å². The highest BCUT2D eigenvalue weighted by molar-refractivity contribution is 7.15. The SMILES string of the molecule is CCOC(=O)c1c(-c2cccc(C)c2)csc1NC(=O)c1cccc(F)c1. The molecule has 6 heteroatoms. The van der Waals surface area contributed by atoms with E-state index in [9.17, 15) is 14.0 Å². The number of rotatable bonds is 5. The van der Waals surface area contributed by atoms with Crippen molar-refractivity contribution in [2.24, 2.45) is 0 Å². The Hall–Kier alpha value is -2.99. The number of benzene rings is 2. The zero-order valence-corrected chi connectivity index (χ0v) is 15.7. The summed E-state index contributed by atoms with van der Waals surface area (Å²) >= 11 is 1.23. The maximum Gasteiger partial charge on any atom is 0.341 e. The molecule has 0 aliphatic carbocycles. The summed E-state index contributed by atoms with van der Waals surface area (Å²) in [6.45, 7) is 3.91.